The van der Waals surface area contributed by atoms with Crippen molar-refractivity contribution in [3.63, 3.8) is 0 Å². The van der Waals surface area contributed by atoms with E-state index in [0.29, 0.717) is 12.4 Å². The first-order chi connectivity index (χ1) is 10.2. The maximum absolute atomic E-state index is 5.85. The predicted molar refractivity (Wildman–Crippen MR) is 88.1 cm³/mol. The van der Waals surface area contributed by atoms with E-state index in [1.165, 1.54) is 0 Å². The van der Waals surface area contributed by atoms with Crippen molar-refractivity contribution in [3.05, 3.63) is 41.9 Å². The second-order valence-corrected chi connectivity index (χ2v) is 5.53. The summed E-state index contributed by atoms with van der Waals surface area (Å²) >= 11 is 1.67. The molecule has 2 aromatic rings. The molecule has 0 aliphatic heterocycles. The third-order valence-corrected chi connectivity index (χ3v) is 3.66. The van der Waals surface area contributed by atoms with Gasteiger partial charge in [-0.2, -0.15) is 0 Å². The van der Waals surface area contributed by atoms with Crippen molar-refractivity contribution in [2.75, 3.05) is 18.1 Å². The summed E-state index contributed by atoms with van der Waals surface area (Å²) in [5, 5.41) is 3.29. The van der Waals surface area contributed by atoms with Gasteiger partial charge in [0, 0.05) is 23.2 Å². The quantitative estimate of drug-likeness (QED) is 0.786. The van der Waals surface area contributed by atoms with Crippen LogP contribution in [0.25, 0.3) is 0 Å². The molecule has 1 N–H and O–H groups in total. The first-order valence-corrected chi connectivity index (χ1v) is 8.29. The number of thioether (sulfide) groups is 1. The molecule has 0 bridgehead atoms. The zero-order valence-corrected chi connectivity index (χ0v) is 13.5. The van der Waals surface area contributed by atoms with Crippen LogP contribution in [-0.2, 0) is 6.61 Å². The Balaban J connectivity index is 2.07. The molecule has 112 valence electrons. The fourth-order valence-electron chi connectivity index (χ4n) is 1.92. The van der Waals surface area contributed by atoms with E-state index in [-0.39, 0.29) is 0 Å². The fraction of sp³-hybridized carbons (Fsp3) is 0.375. The molecule has 0 amide bonds. The first-order valence-electron chi connectivity index (χ1n) is 7.07. The molecule has 0 aliphatic rings. The predicted octanol–water partition coefficient (Wildman–Crippen LogP) is 3.91. The number of aromatic nitrogens is 2. The van der Waals surface area contributed by atoms with E-state index < -0.39 is 0 Å². The van der Waals surface area contributed by atoms with Crippen molar-refractivity contribution in [2.45, 2.75) is 31.8 Å². The molecular weight excluding hydrogens is 282 g/mol. The van der Waals surface area contributed by atoms with Crippen LogP contribution < -0.4 is 10.1 Å². The van der Waals surface area contributed by atoms with Gasteiger partial charge in [-0.1, -0.05) is 19.1 Å². The second kappa shape index (κ2) is 7.88. The van der Waals surface area contributed by atoms with Crippen molar-refractivity contribution in [2.24, 2.45) is 0 Å². The van der Waals surface area contributed by atoms with Gasteiger partial charge in [0.05, 0.1) is 0 Å². The van der Waals surface area contributed by atoms with Crippen LogP contribution in [0.5, 0.6) is 5.75 Å². The number of rotatable bonds is 7. The van der Waals surface area contributed by atoms with E-state index in [4.69, 9.17) is 4.74 Å². The maximum Gasteiger partial charge on any atom is 0.168 e. The van der Waals surface area contributed by atoms with Gasteiger partial charge in [0.1, 0.15) is 18.2 Å². The number of benzene rings is 1. The molecule has 2 rings (SSSR count). The molecule has 21 heavy (non-hydrogen) atoms. The molecule has 0 unspecified atom stereocenters. The molecule has 0 atom stereocenters. The molecule has 1 aromatic carbocycles. The molecule has 0 radical (unpaired) electrons. The zero-order valence-electron chi connectivity index (χ0n) is 12.7. The Labute approximate surface area is 130 Å². The van der Waals surface area contributed by atoms with Crippen LogP contribution >= 0.6 is 11.8 Å². The number of hydrogen-bond donors (Lipinski definition) is 1. The zero-order chi connectivity index (χ0) is 15.1. The van der Waals surface area contributed by atoms with Crippen LogP contribution in [0.1, 0.15) is 24.9 Å². The van der Waals surface area contributed by atoms with Gasteiger partial charge in [0.2, 0.25) is 0 Å². The number of nitrogens with zero attached hydrogens (tertiary/aromatic N) is 2. The minimum atomic E-state index is 0.375. The SMILES string of the molecule is CCCNc1cc(C)nc(COc2ccccc2SC)n1. The fourth-order valence-corrected chi connectivity index (χ4v) is 2.46. The summed E-state index contributed by atoms with van der Waals surface area (Å²) in [6.07, 6.45) is 3.11. The van der Waals surface area contributed by atoms with E-state index in [0.717, 1.165) is 35.1 Å². The number of hydrogen-bond acceptors (Lipinski definition) is 5. The molecule has 1 aromatic heterocycles. The van der Waals surface area contributed by atoms with E-state index >= 15 is 0 Å². The van der Waals surface area contributed by atoms with E-state index in [1.54, 1.807) is 11.8 Å². The smallest absolute Gasteiger partial charge is 0.168 e. The molecule has 0 fully saturated rings. The summed E-state index contributed by atoms with van der Waals surface area (Å²) in [6, 6.07) is 9.95. The van der Waals surface area contributed by atoms with Crippen molar-refractivity contribution in [1.82, 2.24) is 9.97 Å². The minimum absolute atomic E-state index is 0.375. The lowest BCUT2D eigenvalue weighted by molar-refractivity contribution is 0.289. The topological polar surface area (TPSA) is 47.0 Å². The number of anilines is 1. The van der Waals surface area contributed by atoms with Crippen LogP contribution in [0.4, 0.5) is 5.82 Å². The highest BCUT2D eigenvalue weighted by Gasteiger charge is 2.06. The van der Waals surface area contributed by atoms with Crippen molar-refractivity contribution >= 4 is 17.6 Å². The highest BCUT2D eigenvalue weighted by Crippen LogP contribution is 2.27. The van der Waals surface area contributed by atoms with Gasteiger partial charge in [-0.3, -0.25) is 0 Å². The van der Waals surface area contributed by atoms with E-state index in [2.05, 4.69) is 22.2 Å². The summed E-state index contributed by atoms with van der Waals surface area (Å²) in [5.74, 6) is 2.43. The molecule has 0 saturated heterocycles. The summed E-state index contributed by atoms with van der Waals surface area (Å²) in [4.78, 5) is 10.0. The number of para-hydroxylation sites is 1. The number of aryl methyl sites for hydroxylation is 1. The van der Waals surface area contributed by atoms with Gasteiger partial charge >= 0.3 is 0 Å². The molecular formula is C16H21N3OS. The molecule has 0 saturated carbocycles. The Kier molecular flexibility index (Phi) is 5.87. The lowest BCUT2D eigenvalue weighted by atomic mass is 10.3. The number of nitrogens with one attached hydrogen (secondary N) is 1. The third-order valence-electron chi connectivity index (χ3n) is 2.88. The Morgan fingerprint density at radius 2 is 2.05 bits per heavy atom. The Hall–Kier alpha value is -1.75. The monoisotopic (exact) mass is 303 g/mol. The molecule has 1 heterocycles. The van der Waals surface area contributed by atoms with Crippen molar-refractivity contribution < 1.29 is 4.74 Å². The number of ether oxygens (including phenoxy) is 1. The van der Waals surface area contributed by atoms with Crippen LogP contribution in [0.15, 0.2) is 35.2 Å². The Bertz CT molecular complexity index is 589. The molecule has 0 spiro atoms. The maximum atomic E-state index is 5.85. The first kappa shape index (κ1) is 15.6. The lowest BCUT2D eigenvalue weighted by Crippen LogP contribution is -2.08. The summed E-state index contributed by atoms with van der Waals surface area (Å²) in [6.45, 7) is 5.38. The van der Waals surface area contributed by atoms with Crippen LogP contribution in [-0.4, -0.2) is 22.8 Å². The standard InChI is InChI=1S/C16H21N3OS/c1-4-9-17-15-10-12(2)18-16(19-15)11-20-13-7-5-6-8-14(13)21-3/h5-8,10H,4,9,11H2,1-3H3,(H,17,18,19). The highest BCUT2D eigenvalue weighted by molar-refractivity contribution is 7.98. The van der Waals surface area contributed by atoms with Crippen LogP contribution in [0, 0.1) is 6.92 Å². The van der Waals surface area contributed by atoms with E-state index in [9.17, 15) is 0 Å². The van der Waals surface area contributed by atoms with Gasteiger partial charge in [0.25, 0.3) is 0 Å². The van der Waals surface area contributed by atoms with Gasteiger partial charge in [-0.15, -0.1) is 11.8 Å². The van der Waals surface area contributed by atoms with E-state index in [1.807, 2.05) is 43.5 Å². The van der Waals surface area contributed by atoms with Gasteiger partial charge < -0.3 is 10.1 Å². The lowest BCUT2D eigenvalue weighted by Gasteiger charge is -2.11. The van der Waals surface area contributed by atoms with Gasteiger partial charge in [-0.25, -0.2) is 9.97 Å². The average molecular weight is 303 g/mol. The minimum Gasteiger partial charge on any atom is -0.484 e. The Morgan fingerprint density at radius 1 is 1.24 bits per heavy atom. The largest absolute Gasteiger partial charge is 0.484 e. The highest BCUT2D eigenvalue weighted by atomic mass is 32.2. The van der Waals surface area contributed by atoms with Crippen LogP contribution in [0.3, 0.4) is 0 Å². The van der Waals surface area contributed by atoms with Crippen molar-refractivity contribution in [3.8, 4) is 5.75 Å². The summed E-state index contributed by atoms with van der Waals surface area (Å²) < 4.78 is 5.85. The normalized spacial score (nSPS) is 10.4. The van der Waals surface area contributed by atoms with Gasteiger partial charge in [0.15, 0.2) is 5.82 Å². The molecule has 5 heteroatoms. The summed E-state index contributed by atoms with van der Waals surface area (Å²) in [7, 11) is 0. The molecule has 4 nitrogen and oxygen atoms in total. The summed E-state index contributed by atoms with van der Waals surface area (Å²) in [5.41, 5.74) is 0.945. The molecule has 0 aliphatic carbocycles. The average Bonchev–Trinajstić information content (AvgIpc) is 2.50. The third kappa shape index (κ3) is 4.63. The Morgan fingerprint density at radius 3 is 2.81 bits per heavy atom. The second-order valence-electron chi connectivity index (χ2n) is 4.68. The van der Waals surface area contributed by atoms with Gasteiger partial charge in [-0.05, 0) is 31.7 Å². The van der Waals surface area contributed by atoms with Crippen molar-refractivity contribution in [1.29, 1.82) is 0 Å². The van der Waals surface area contributed by atoms with Crippen LogP contribution in [0.2, 0.25) is 0 Å².